The summed E-state index contributed by atoms with van der Waals surface area (Å²) < 4.78 is 7.33. The minimum absolute atomic E-state index is 0.0668. The lowest BCUT2D eigenvalue weighted by atomic mass is 10.1. The van der Waals surface area contributed by atoms with Gasteiger partial charge in [-0.15, -0.1) is 0 Å². The van der Waals surface area contributed by atoms with Crippen LogP contribution in [0.5, 0.6) is 0 Å². The van der Waals surface area contributed by atoms with Crippen molar-refractivity contribution < 1.29 is 9.66 Å². The Morgan fingerprint density at radius 3 is 2.35 bits per heavy atom. The van der Waals surface area contributed by atoms with E-state index < -0.39 is 4.92 Å². The van der Waals surface area contributed by atoms with E-state index in [0.29, 0.717) is 13.2 Å². The van der Waals surface area contributed by atoms with Crippen molar-refractivity contribution >= 4 is 11.5 Å². The average Bonchev–Trinajstić information content (AvgIpc) is 3.14. The van der Waals surface area contributed by atoms with Crippen molar-refractivity contribution in [1.82, 2.24) is 9.78 Å². The standard InChI is InChI=1S/C19H18N4O3/c24-23(25)17-8-6-16(7-9-17)22-19(21-10-12-26-13-11-21)18(14-20-22)15-4-2-1-3-5-15/h1-9,14H,10-13H2. The summed E-state index contributed by atoms with van der Waals surface area (Å²) in [5, 5.41) is 15.5. The van der Waals surface area contributed by atoms with Gasteiger partial charge in [0.1, 0.15) is 5.82 Å². The molecule has 7 heteroatoms. The van der Waals surface area contributed by atoms with Crippen molar-refractivity contribution in [3.05, 3.63) is 70.9 Å². The Bertz CT molecular complexity index is 900. The van der Waals surface area contributed by atoms with Gasteiger partial charge in [-0.2, -0.15) is 5.10 Å². The SMILES string of the molecule is O=[N+]([O-])c1ccc(-n2ncc(-c3ccccc3)c2N2CCOCC2)cc1. The highest BCUT2D eigenvalue weighted by Crippen LogP contribution is 2.33. The first-order valence-corrected chi connectivity index (χ1v) is 8.45. The summed E-state index contributed by atoms with van der Waals surface area (Å²) in [6.07, 6.45) is 1.85. The van der Waals surface area contributed by atoms with Crippen LogP contribution in [-0.2, 0) is 4.74 Å². The van der Waals surface area contributed by atoms with Gasteiger partial charge in [-0.3, -0.25) is 10.1 Å². The van der Waals surface area contributed by atoms with Gasteiger partial charge in [-0.25, -0.2) is 4.68 Å². The lowest BCUT2D eigenvalue weighted by molar-refractivity contribution is -0.384. The number of ether oxygens (including phenoxy) is 1. The predicted octanol–water partition coefficient (Wildman–Crippen LogP) is 3.28. The number of anilines is 1. The van der Waals surface area contributed by atoms with E-state index in [2.05, 4.69) is 22.1 Å². The maximum absolute atomic E-state index is 10.9. The number of hydrogen-bond donors (Lipinski definition) is 0. The van der Waals surface area contributed by atoms with Gasteiger partial charge in [0.05, 0.1) is 30.0 Å². The molecule has 26 heavy (non-hydrogen) atoms. The van der Waals surface area contributed by atoms with Gasteiger partial charge in [0.15, 0.2) is 0 Å². The van der Waals surface area contributed by atoms with E-state index in [-0.39, 0.29) is 5.69 Å². The quantitative estimate of drug-likeness (QED) is 0.533. The first-order chi connectivity index (χ1) is 12.7. The average molecular weight is 350 g/mol. The zero-order valence-corrected chi connectivity index (χ0v) is 14.1. The molecule has 1 fully saturated rings. The van der Waals surface area contributed by atoms with Gasteiger partial charge in [0.25, 0.3) is 5.69 Å². The van der Waals surface area contributed by atoms with Crippen molar-refractivity contribution in [2.24, 2.45) is 0 Å². The molecule has 0 N–H and O–H groups in total. The van der Waals surface area contributed by atoms with Crippen LogP contribution < -0.4 is 4.90 Å². The number of morpholine rings is 1. The normalized spacial score (nSPS) is 14.4. The van der Waals surface area contributed by atoms with E-state index in [1.165, 1.54) is 12.1 Å². The molecule has 1 saturated heterocycles. The van der Waals surface area contributed by atoms with Crippen LogP contribution in [0.4, 0.5) is 11.5 Å². The first-order valence-electron chi connectivity index (χ1n) is 8.45. The Morgan fingerprint density at radius 1 is 1.00 bits per heavy atom. The molecule has 0 saturated carbocycles. The Hall–Kier alpha value is -3.19. The summed E-state index contributed by atoms with van der Waals surface area (Å²) in [6, 6.07) is 16.6. The minimum atomic E-state index is -0.398. The lowest BCUT2D eigenvalue weighted by Crippen LogP contribution is -2.37. The number of nitrogens with zero attached hydrogens (tertiary/aromatic N) is 4. The fraction of sp³-hybridized carbons (Fsp3) is 0.211. The second kappa shape index (κ2) is 6.97. The van der Waals surface area contributed by atoms with Crippen LogP contribution in [0.3, 0.4) is 0 Å². The highest BCUT2D eigenvalue weighted by atomic mass is 16.6. The second-order valence-electron chi connectivity index (χ2n) is 6.03. The van der Waals surface area contributed by atoms with Crippen LogP contribution in [0.15, 0.2) is 60.8 Å². The zero-order valence-electron chi connectivity index (χ0n) is 14.1. The lowest BCUT2D eigenvalue weighted by Gasteiger charge is -2.30. The molecular weight excluding hydrogens is 332 g/mol. The molecule has 0 atom stereocenters. The topological polar surface area (TPSA) is 73.4 Å². The zero-order chi connectivity index (χ0) is 17.9. The van der Waals surface area contributed by atoms with Gasteiger partial charge < -0.3 is 9.64 Å². The van der Waals surface area contributed by atoms with Gasteiger partial charge in [-0.05, 0) is 17.7 Å². The number of aromatic nitrogens is 2. The number of hydrogen-bond acceptors (Lipinski definition) is 5. The summed E-state index contributed by atoms with van der Waals surface area (Å²) >= 11 is 0. The summed E-state index contributed by atoms with van der Waals surface area (Å²) in [5.41, 5.74) is 2.98. The second-order valence-corrected chi connectivity index (χ2v) is 6.03. The maximum Gasteiger partial charge on any atom is 0.269 e. The summed E-state index contributed by atoms with van der Waals surface area (Å²) in [5.74, 6) is 0.980. The molecule has 0 bridgehead atoms. The molecule has 1 aliphatic heterocycles. The molecule has 1 aliphatic rings. The third-order valence-electron chi connectivity index (χ3n) is 4.44. The van der Waals surface area contributed by atoms with E-state index in [9.17, 15) is 10.1 Å². The van der Waals surface area contributed by atoms with E-state index in [1.54, 1.807) is 12.1 Å². The largest absolute Gasteiger partial charge is 0.378 e. The number of benzene rings is 2. The van der Waals surface area contributed by atoms with Crippen LogP contribution in [-0.4, -0.2) is 41.0 Å². The number of nitro groups is 1. The molecular formula is C19H18N4O3. The molecule has 7 nitrogen and oxygen atoms in total. The van der Waals surface area contributed by atoms with Crippen molar-refractivity contribution in [2.75, 3.05) is 31.2 Å². The molecule has 132 valence electrons. The Morgan fingerprint density at radius 2 is 1.69 bits per heavy atom. The molecule has 0 radical (unpaired) electrons. The summed E-state index contributed by atoms with van der Waals surface area (Å²) in [6.45, 7) is 2.89. The molecule has 3 aromatic rings. The minimum Gasteiger partial charge on any atom is -0.378 e. The van der Waals surface area contributed by atoms with Crippen molar-refractivity contribution in [3.8, 4) is 16.8 Å². The van der Waals surface area contributed by atoms with Gasteiger partial charge >= 0.3 is 0 Å². The third kappa shape index (κ3) is 3.04. The highest BCUT2D eigenvalue weighted by molar-refractivity contribution is 5.77. The van der Waals surface area contributed by atoms with Crippen molar-refractivity contribution in [2.45, 2.75) is 0 Å². The third-order valence-corrected chi connectivity index (χ3v) is 4.44. The molecule has 2 heterocycles. The molecule has 4 rings (SSSR count). The molecule has 0 unspecified atom stereocenters. The van der Waals surface area contributed by atoms with Crippen LogP contribution in [0, 0.1) is 10.1 Å². The summed E-state index contributed by atoms with van der Waals surface area (Å²) in [4.78, 5) is 12.8. The molecule has 0 amide bonds. The molecule has 0 aliphatic carbocycles. The van der Waals surface area contributed by atoms with Crippen molar-refractivity contribution in [3.63, 3.8) is 0 Å². The van der Waals surface area contributed by atoms with Gasteiger partial charge in [0, 0.05) is 30.8 Å². The Kier molecular flexibility index (Phi) is 4.37. The Balaban J connectivity index is 1.81. The number of non-ortho nitro benzene ring substituents is 1. The monoisotopic (exact) mass is 350 g/mol. The predicted molar refractivity (Wildman–Crippen MR) is 98.7 cm³/mol. The van der Waals surface area contributed by atoms with E-state index >= 15 is 0 Å². The van der Waals surface area contributed by atoms with E-state index in [4.69, 9.17) is 4.74 Å². The summed E-state index contributed by atoms with van der Waals surface area (Å²) in [7, 11) is 0. The molecule has 2 aromatic carbocycles. The smallest absolute Gasteiger partial charge is 0.269 e. The van der Waals surface area contributed by atoms with Crippen LogP contribution >= 0.6 is 0 Å². The number of nitro benzene ring substituents is 1. The maximum atomic E-state index is 10.9. The van der Waals surface area contributed by atoms with Crippen molar-refractivity contribution in [1.29, 1.82) is 0 Å². The fourth-order valence-corrected chi connectivity index (χ4v) is 3.15. The van der Waals surface area contributed by atoms with Crippen LogP contribution in [0.25, 0.3) is 16.8 Å². The molecule has 0 spiro atoms. The molecule has 1 aromatic heterocycles. The van der Waals surface area contributed by atoms with Gasteiger partial charge in [-0.1, -0.05) is 30.3 Å². The number of rotatable bonds is 4. The first kappa shape index (κ1) is 16.3. The van der Waals surface area contributed by atoms with Crippen LogP contribution in [0.1, 0.15) is 0 Å². The van der Waals surface area contributed by atoms with E-state index in [0.717, 1.165) is 35.7 Å². The van der Waals surface area contributed by atoms with Gasteiger partial charge in [0.2, 0.25) is 0 Å². The van der Waals surface area contributed by atoms with E-state index in [1.807, 2.05) is 29.1 Å². The highest BCUT2D eigenvalue weighted by Gasteiger charge is 2.22. The Labute approximate surface area is 150 Å². The fourth-order valence-electron chi connectivity index (χ4n) is 3.15. The van der Waals surface area contributed by atoms with Crippen LogP contribution in [0.2, 0.25) is 0 Å².